The van der Waals surface area contributed by atoms with Gasteiger partial charge in [0, 0.05) is 24.8 Å². The minimum Gasteiger partial charge on any atom is -0.338 e. The Balaban J connectivity index is 1.46. The smallest absolute Gasteiger partial charge is 0.238 e. The first kappa shape index (κ1) is 31.0. The van der Waals surface area contributed by atoms with E-state index < -0.39 is 15.1 Å². The van der Waals surface area contributed by atoms with Crippen LogP contribution in [0.15, 0.2) is 53.6 Å². The van der Waals surface area contributed by atoms with Gasteiger partial charge in [-0.05, 0) is 71.1 Å². The van der Waals surface area contributed by atoms with E-state index in [0.29, 0.717) is 34.7 Å². The number of hydrogen-bond acceptors (Lipinski definition) is 9. The molecule has 0 spiro atoms. The molecular weight excluding hydrogens is 585 g/mol. The van der Waals surface area contributed by atoms with E-state index in [1.165, 1.54) is 12.3 Å². The molecule has 1 amide bonds. The molecule has 3 N–H and O–H groups in total. The van der Waals surface area contributed by atoms with Gasteiger partial charge >= 0.3 is 0 Å². The van der Waals surface area contributed by atoms with E-state index in [1.54, 1.807) is 50.2 Å². The molecule has 220 valence electrons. The molecule has 0 aliphatic carbocycles. The maximum Gasteiger partial charge on any atom is 0.238 e. The van der Waals surface area contributed by atoms with Crippen LogP contribution in [0.3, 0.4) is 0 Å². The number of likely N-dealkylation sites (tertiary alicyclic amines) is 1. The van der Waals surface area contributed by atoms with Crippen molar-refractivity contribution in [1.82, 2.24) is 19.8 Å². The van der Waals surface area contributed by atoms with Gasteiger partial charge in [0.1, 0.15) is 5.02 Å². The van der Waals surface area contributed by atoms with Gasteiger partial charge in [0.2, 0.25) is 11.9 Å². The molecule has 1 fully saturated rings. The fraction of sp³-hybridized carbons (Fsp3) is 0.393. The van der Waals surface area contributed by atoms with Crippen molar-refractivity contribution >= 4 is 67.8 Å². The molecule has 0 saturated carbocycles. The maximum atomic E-state index is 12.9. The van der Waals surface area contributed by atoms with Crippen molar-refractivity contribution in [2.75, 3.05) is 49.7 Å². The lowest BCUT2D eigenvalue weighted by atomic mass is 10.0. The summed E-state index contributed by atoms with van der Waals surface area (Å²) in [5.41, 5.74) is 1.40. The molecule has 0 unspecified atom stereocenters. The fourth-order valence-corrected chi connectivity index (χ4v) is 6.04. The van der Waals surface area contributed by atoms with Gasteiger partial charge in [0.25, 0.3) is 0 Å². The first-order valence-electron chi connectivity index (χ1n) is 13.3. The molecule has 1 saturated heterocycles. The quantitative estimate of drug-likeness (QED) is 0.273. The maximum absolute atomic E-state index is 12.9. The zero-order chi connectivity index (χ0) is 29.7. The molecule has 4 rings (SSSR count). The predicted molar refractivity (Wildman–Crippen MR) is 166 cm³/mol. The van der Waals surface area contributed by atoms with Crippen molar-refractivity contribution in [3.63, 3.8) is 0 Å². The summed E-state index contributed by atoms with van der Waals surface area (Å²) in [4.78, 5) is 26.0. The van der Waals surface area contributed by atoms with E-state index in [-0.39, 0.29) is 27.6 Å². The van der Waals surface area contributed by atoms with E-state index >= 15 is 0 Å². The third-order valence-electron chi connectivity index (χ3n) is 6.96. The second-order valence-electron chi connectivity index (χ2n) is 10.4. The molecule has 0 atom stereocenters. The van der Waals surface area contributed by atoms with Crippen molar-refractivity contribution in [3.05, 3.63) is 58.7 Å². The summed E-state index contributed by atoms with van der Waals surface area (Å²) < 4.78 is 25.7. The van der Waals surface area contributed by atoms with Gasteiger partial charge in [-0.1, -0.05) is 35.3 Å². The normalized spacial score (nSPS) is 14.8. The number of halogens is 2. The summed E-state index contributed by atoms with van der Waals surface area (Å²) in [6, 6.07) is 12.2. The van der Waals surface area contributed by atoms with E-state index in [2.05, 4.69) is 49.8 Å². The molecule has 2 heterocycles. The Morgan fingerprint density at radius 3 is 2.44 bits per heavy atom. The Kier molecular flexibility index (Phi) is 10.1. The summed E-state index contributed by atoms with van der Waals surface area (Å²) in [5, 5.41) is 9.03. The Labute approximate surface area is 251 Å². The molecular formula is C28H35Cl2N7O3S. The predicted octanol–water partition coefficient (Wildman–Crippen LogP) is 5.42. The number of amides is 1. The highest BCUT2D eigenvalue weighted by atomic mass is 35.5. The largest absolute Gasteiger partial charge is 0.338 e. The van der Waals surface area contributed by atoms with E-state index in [9.17, 15) is 13.2 Å². The van der Waals surface area contributed by atoms with Crippen LogP contribution in [0.1, 0.15) is 26.7 Å². The third-order valence-corrected chi connectivity index (χ3v) is 9.78. The molecule has 0 radical (unpaired) electrons. The number of piperidine rings is 1. The van der Waals surface area contributed by atoms with Gasteiger partial charge in [0.05, 0.1) is 39.3 Å². The van der Waals surface area contributed by atoms with Gasteiger partial charge in [-0.25, -0.2) is 13.4 Å². The Morgan fingerprint density at radius 1 is 1.05 bits per heavy atom. The average Bonchev–Trinajstić information content (AvgIpc) is 2.92. The number of nitrogens with zero attached hydrogens (tertiary/aromatic N) is 4. The molecule has 10 nitrogen and oxygen atoms in total. The lowest BCUT2D eigenvalue weighted by molar-refractivity contribution is -0.117. The number of benzene rings is 2. The first-order valence-corrected chi connectivity index (χ1v) is 15.6. The topological polar surface area (TPSA) is 120 Å². The van der Waals surface area contributed by atoms with Crippen LogP contribution in [0, 0.1) is 0 Å². The van der Waals surface area contributed by atoms with Gasteiger partial charge in [0.15, 0.2) is 15.7 Å². The van der Waals surface area contributed by atoms with Crippen LogP contribution in [0.25, 0.3) is 0 Å². The lowest BCUT2D eigenvalue weighted by Crippen LogP contribution is -2.44. The number of para-hydroxylation sites is 1. The fourth-order valence-electron chi connectivity index (χ4n) is 4.53. The zero-order valence-corrected chi connectivity index (χ0v) is 25.8. The molecule has 13 heteroatoms. The zero-order valence-electron chi connectivity index (χ0n) is 23.5. The number of carbonyl (C=O) groups excluding carboxylic acids is 1. The lowest BCUT2D eigenvalue weighted by Gasteiger charge is -2.34. The number of aromatic nitrogens is 2. The van der Waals surface area contributed by atoms with Gasteiger partial charge in [-0.3, -0.25) is 9.69 Å². The summed E-state index contributed by atoms with van der Waals surface area (Å²) >= 11 is 12.8. The van der Waals surface area contributed by atoms with Crippen LogP contribution in [0.2, 0.25) is 10.0 Å². The minimum absolute atomic E-state index is 0.106. The van der Waals surface area contributed by atoms with Gasteiger partial charge < -0.3 is 20.9 Å². The monoisotopic (exact) mass is 619 g/mol. The number of rotatable bonds is 10. The average molecular weight is 621 g/mol. The Hall–Kier alpha value is -2.96. The standard InChI is InChI=1S/C28H35Cl2N7O3S/c1-18(2)41(39,40)25-8-6-5-7-23(25)33-27-22(30)16-31-28(35-27)34-24-15-19(9-10-21(24)29)32-26(38)17-37-13-11-20(12-14-37)36(3)4/h5-10,15-16,18,20H,11-14,17H2,1-4H3,(H,32,38)(H2,31,33,34,35). The second kappa shape index (κ2) is 13.3. The summed E-state index contributed by atoms with van der Waals surface area (Å²) in [7, 11) is 0.620. The van der Waals surface area contributed by atoms with Crippen LogP contribution >= 0.6 is 23.2 Å². The van der Waals surface area contributed by atoms with Gasteiger partial charge in [-0.2, -0.15) is 4.98 Å². The highest BCUT2D eigenvalue weighted by Crippen LogP contribution is 2.32. The second-order valence-corrected chi connectivity index (χ2v) is 13.7. The minimum atomic E-state index is -3.56. The summed E-state index contributed by atoms with van der Waals surface area (Å²) in [5.74, 6) is 0.287. The third kappa shape index (κ3) is 7.87. The molecule has 1 aromatic heterocycles. The van der Waals surface area contributed by atoms with E-state index in [4.69, 9.17) is 23.2 Å². The van der Waals surface area contributed by atoms with E-state index in [1.807, 2.05) is 0 Å². The van der Waals surface area contributed by atoms with Crippen molar-refractivity contribution in [3.8, 4) is 0 Å². The molecule has 0 bridgehead atoms. The van der Waals surface area contributed by atoms with Crippen molar-refractivity contribution in [2.24, 2.45) is 0 Å². The van der Waals surface area contributed by atoms with Crippen LogP contribution in [0.5, 0.6) is 0 Å². The van der Waals surface area contributed by atoms with Gasteiger partial charge in [-0.15, -0.1) is 0 Å². The highest BCUT2D eigenvalue weighted by Gasteiger charge is 2.24. The number of nitrogens with one attached hydrogen (secondary N) is 3. The van der Waals surface area contributed by atoms with E-state index in [0.717, 1.165) is 25.9 Å². The Morgan fingerprint density at radius 2 is 1.76 bits per heavy atom. The van der Waals surface area contributed by atoms with Crippen molar-refractivity contribution in [2.45, 2.75) is 42.9 Å². The van der Waals surface area contributed by atoms with Crippen molar-refractivity contribution in [1.29, 1.82) is 0 Å². The first-order chi connectivity index (χ1) is 19.4. The van der Waals surface area contributed by atoms with Crippen LogP contribution in [-0.4, -0.2) is 79.1 Å². The Bertz CT molecular complexity index is 1490. The van der Waals surface area contributed by atoms with Crippen molar-refractivity contribution < 1.29 is 13.2 Å². The highest BCUT2D eigenvalue weighted by molar-refractivity contribution is 7.92. The van der Waals surface area contributed by atoms with Crippen LogP contribution in [0.4, 0.5) is 28.8 Å². The van der Waals surface area contributed by atoms with Crippen LogP contribution in [-0.2, 0) is 14.6 Å². The number of hydrogen-bond donors (Lipinski definition) is 3. The molecule has 1 aliphatic heterocycles. The molecule has 41 heavy (non-hydrogen) atoms. The molecule has 2 aromatic carbocycles. The number of anilines is 5. The SMILES string of the molecule is CC(C)S(=O)(=O)c1ccccc1Nc1nc(Nc2cc(NC(=O)CN3CCC(N(C)C)CC3)ccc2Cl)ncc1Cl. The summed E-state index contributed by atoms with van der Waals surface area (Å²) in [6.45, 7) is 5.32. The number of sulfone groups is 1. The molecule has 1 aliphatic rings. The molecule has 3 aromatic rings. The summed E-state index contributed by atoms with van der Waals surface area (Å²) in [6.07, 6.45) is 3.47. The number of carbonyl (C=O) groups is 1. The van der Waals surface area contributed by atoms with Crippen LogP contribution < -0.4 is 16.0 Å².